The summed E-state index contributed by atoms with van der Waals surface area (Å²) in [6.07, 6.45) is 7.67. The standard InChI is InChI=1S/C30H35NO5S/c1-20-15-17-23(18-16-20)37(34,35)31-26(28(33)36-29(4,5)6)25-14-8-7-11-19-30(25,22(3)32)27(31)24-13-10-9-12-21(24)2/h7-13,15-19,25-27H,14H2,1-6H3/t25-,26+,27+,30+/m1/s1. The third-order valence-electron chi connectivity index (χ3n) is 7.32. The minimum atomic E-state index is -4.24. The van der Waals surface area contributed by atoms with Crippen molar-refractivity contribution in [2.24, 2.45) is 11.3 Å². The Balaban J connectivity index is 2.08. The van der Waals surface area contributed by atoms with Crippen molar-refractivity contribution in [2.45, 2.75) is 70.5 Å². The van der Waals surface area contributed by atoms with E-state index in [1.165, 1.54) is 11.2 Å². The molecule has 0 amide bonds. The summed E-state index contributed by atoms with van der Waals surface area (Å²) in [6, 6.07) is 11.9. The number of ether oxygens (including phenoxy) is 1. The maximum absolute atomic E-state index is 14.5. The Hall–Kier alpha value is -3.03. The highest BCUT2D eigenvalue weighted by atomic mass is 32.2. The molecular formula is C30H35NO5S. The SMILES string of the molecule is CC(=O)[C@@]12C=CC=CC[C@@H]1[C@@H](C(=O)OC(C)(C)C)N(S(=O)(=O)c1ccc(C)cc1)[C@H]2c1ccccc1C. The summed E-state index contributed by atoms with van der Waals surface area (Å²) in [7, 11) is -4.24. The fourth-order valence-electron chi connectivity index (χ4n) is 5.68. The molecule has 0 saturated carbocycles. The summed E-state index contributed by atoms with van der Waals surface area (Å²) in [4.78, 5) is 27.7. The van der Waals surface area contributed by atoms with Crippen molar-refractivity contribution in [3.8, 4) is 0 Å². The highest BCUT2D eigenvalue weighted by Gasteiger charge is 2.66. The number of carbonyl (C=O) groups is 2. The number of rotatable bonds is 5. The number of Topliss-reactive ketones (excluding diaryl/α,β-unsaturated/α-hetero) is 1. The monoisotopic (exact) mass is 521 g/mol. The normalized spacial score (nSPS) is 25.9. The molecule has 0 spiro atoms. The number of sulfonamides is 1. The minimum absolute atomic E-state index is 0.0694. The van der Waals surface area contributed by atoms with Gasteiger partial charge in [0.15, 0.2) is 0 Å². The molecule has 2 aliphatic rings. The molecule has 4 atom stereocenters. The van der Waals surface area contributed by atoms with Crippen molar-refractivity contribution in [2.75, 3.05) is 0 Å². The van der Waals surface area contributed by atoms with Crippen LogP contribution in [0.1, 0.15) is 56.8 Å². The highest BCUT2D eigenvalue weighted by Crippen LogP contribution is 2.59. The number of carbonyl (C=O) groups excluding carboxylic acids is 2. The minimum Gasteiger partial charge on any atom is -0.459 e. The number of aryl methyl sites for hydroxylation is 2. The fraction of sp³-hybridized carbons (Fsp3) is 0.400. The molecule has 0 aromatic heterocycles. The first-order chi connectivity index (χ1) is 17.3. The molecule has 1 heterocycles. The third kappa shape index (κ3) is 4.71. The number of benzene rings is 2. The molecule has 0 bridgehead atoms. The Labute approximate surface area is 220 Å². The average Bonchev–Trinajstić information content (AvgIpc) is 2.93. The molecule has 2 aromatic rings. The van der Waals surface area contributed by atoms with Crippen molar-refractivity contribution in [1.29, 1.82) is 0 Å². The van der Waals surface area contributed by atoms with Gasteiger partial charge in [-0.15, -0.1) is 0 Å². The molecule has 37 heavy (non-hydrogen) atoms. The van der Waals surface area contributed by atoms with E-state index in [4.69, 9.17) is 4.74 Å². The number of fused-ring (bicyclic) bond motifs is 1. The van der Waals surface area contributed by atoms with E-state index < -0.39 is 45.0 Å². The number of hydrogen-bond donors (Lipinski definition) is 0. The second-order valence-corrected chi connectivity index (χ2v) is 12.8. The van der Waals surface area contributed by atoms with E-state index in [-0.39, 0.29) is 10.7 Å². The van der Waals surface area contributed by atoms with Crippen LogP contribution in [0, 0.1) is 25.2 Å². The predicted octanol–water partition coefficient (Wildman–Crippen LogP) is 5.47. The lowest BCUT2D eigenvalue weighted by Crippen LogP contribution is -2.46. The van der Waals surface area contributed by atoms with E-state index in [9.17, 15) is 18.0 Å². The molecule has 2 aromatic carbocycles. The van der Waals surface area contributed by atoms with E-state index in [1.807, 2.05) is 50.3 Å². The zero-order valence-corrected chi connectivity index (χ0v) is 23.1. The lowest BCUT2D eigenvalue weighted by molar-refractivity contribution is -0.160. The number of allylic oxidation sites excluding steroid dienone is 3. The van der Waals surface area contributed by atoms with Gasteiger partial charge in [0.25, 0.3) is 0 Å². The van der Waals surface area contributed by atoms with Gasteiger partial charge in [-0.1, -0.05) is 66.3 Å². The van der Waals surface area contributed by atoms with Crippen molar-refractivity contribution in [3.05, 3.63) is 89.5 Å². The van der Waals surface area contributed by atoms with Crippen LogP contribution in [0.25, 0.3) is 0 Å². The van der Waals surface area contributed by atoms with Crippen molar-refractivity contribution < 1.29 is 22.7 Å². The molecule has 7 heteroatoms. The first kappa shape index (κ1) is 27.0. The van der Waals surface area contributed by atoms with E-state index in [1.54, 1.807) is 57.2 Å². The summed E-state index contributed by atoms with van der Waals surface area (Å²) in [6.45, 7) is 10.5. The Morgan fingerprint density at radius 2 is 1.65 bits per heavy atom. The summed E-state index contributed by atoms with van der Waals surface area (Å²) >= 11 is 0. The van der Waals surface area contributed by atoms with Crippen LogP contribution in [0.15, 0.2) is 77.7 Å². The summed E-state index contributed by atoms with van der Waals surface area (Å²) < 4.78 is 36.1. The Bertz CT molecular complexity index is 1370. The van der Waals surface area contributed by atoms with Gasteiger partial charge < -0.3 is 4.74 Å². The Kier molecular flexibility index (Phi) is 7.08. The van der Waals surface area contributed by atoms with Crippen LogP contribution < -0.4 is 0 Å². The topological polar surface area (TPSA) is 80.8 Å². The molecule has 1 saturated heterocycles. The third-order valence-corrected chi connectivity index (χ3v) is 9.18. The molecule has 196 valence electrons. The maximum Gasteiger partial charge on any atom is 0.325 e. The lowest BCUT2D eigenvalue weighted by Gasteiger charge is -2.37. The Morgan fingerprint density at radius 3 is 2.24 bits per heavy atom. The molecule has 1 fully saturated rings. The molecule has 1 aliphatic heterocycles. The molecule has 1 aliphatic carbocycles. The van der Waals surface area contributed by atoms with Gasteiger partial charge >= 0.3 is 5.97 Å². The summed E-state index contributed by atoms with van der Waals surface area (Å²) in [5.74, 6) is -1.50. The molecule has 0 unspecified atom stereocenters. The summed E-state index contributed by atoms with van der Waals surface area (Å²) in [5, 5.41) is 0. The molecule has 4 rings (SSSR count). The average molecular weight is 522 g/mol. The van der Waals surface area contributed by atoms with Crippen LogP contribution in [0.4, 0.5) is 0 Å². The van der Waals surface area contributed by atoms with Gasteiger partial charge in [0.05, 0.1) is 16.4 Å². The zero-order chi connectivity index (χ0) is 27.2. The van der Waals surface area contributed by atoms with Gasteiger partial charge in [-0.05, 0) is 71.2 Å². The van der Waals surface area contributed by atoms with Crippen molar-refractivity contribution >= 4 is 21.8 Å². The van der Waals surface area contributed by atoms with Crippen molar-refractivity contribution in [3.63, 3.8) is 0 Å². The molecule has 0 radical (unpaired) electrons. The smallest absolute Gasteiger partial charge is 0.325 e. The van der Waals surface area contributed by atoms with Crippen LogP contribution in [0.3, 0.4) is 0 Å². The summed E-state index contributed by atoms with van der Waals surface area (Å²) in [5.41, 5.74) is 0.335. The van der Waals surface area contributed by atoms with Gasteiger partial charge in [-0.3, -0.25) is 9.59 Å². The lowest BCUT2D eigenvalue weighted by atomic mass is 9.65. The van der Waals surface area contributed by atoms with Crippen LogP contribution in [-0.4, -0.2) is 36.1 Å². The first-order valence-corrected chi connectivity index (χ1v) is 14.0. The largest absolute Gasteiger partial charge is 0.459 e. The van der Waals surface area contributed by atoms with E-state index in [0.717, 1.165) is 11.1 Å². The van der Waals surface area contributed by atoms with Gasteiger partial charge in [-0.2, -0.15) is 4.31 Å². The van der Waals surface area contributed by atoms with E-state index in [0.29, 0.717) is 12.0 Å². The van der Waals surface area contributed by atoms with Crippen LogP contribution >= 0.6 is 0 Å². The van der Waals surface area contributed by atoms with Crippen LogP contribution in [0.5, 0.6) is 0 Å². The molecule has 0 N–H and O–H groups in total. The van der Waals surface area contributed by atoms with E-state index >= 15 is 0 Å². The second kappa shape index (κ2) is 9.69. The number of ketones is 1. The zero-order valence-electron chi connectivity index (χ0n) is 22.3. The number of esters is 1. The predicted molar refractivity (Wildman–Crippen MR) is 143 cm³/mol. The number of hydrogen-bond acceptors (Lipinski definition) is 5. The van der Waals surface area contributed by atoms with Crippen LogP contribution in [0.2, 0.25) is 0 Å². The van der Waals surface area contributed by atoms with Gasteiger partial charge in [-0.25, -0.2) is 8.42 Å². The van der Waals surface area contributed by atoms with Gasteiger partial charge in [0.1, 0.15) is 17.4 Å². The number of nitrogens with zero attached hydrogens (tertiary/aromatic N) is 1. The second-order valence-electron chi connectivity index (χ2n) is 11.0. The van der Waals surface area contributed by atoms with Gasteiger partial charge in [0, 0.05) is 5.92 Å². The molecular weight excluding hydrogens is 486 g/mol. The highest BCUT2D eigenvalue weighted by molar-refractivity contribution is 7.89. The van der Waals surface area contributed by atoms with Crippen LogP contribution in [-0.2, 0) is 24.3 Å². The van der Waals surface area contributed by atoms with Crippen molar-refractivity contribution in [1.82, 2.24) is 4.31 Å². The molecule has 6 nitrogen and oxygen atoms in total. The Morgan fingerprint density at radius 1 is 1.00 bits per heavy atom. The van der Waals surface area contributed by atoms with E-state index in [2.05, 4.69) is 0 Å². The quantitative estimate of drug-likeness (QED) is 0.488. The first-order valence-electron chi connectivity index (χ1n) is 12.5. The maximum atomic E-state index is 14.5. The van der Waals surface area contributed by atoms with Gasteiger partial charge in [0.2, 0.25) is 10.0 Å². The fourth-order valence-corrected chi connectivity index (χ4v) is 7.50.